The number of rotatable bonds is 6. The van der Waals surface area contributed by atoms with Crippen molar-refractivity contribution in [1.82, 2.24) is 5.43 Å². The zero-order valence-electron chi connectivity index (χ0n) is 15.6. The van der Waals surface area contributed by atoms with Crippen molar-refractivity contribution in [3.05, 3.63) is 59.2 Å². The molecule has 140 valence electrons. The van der Waals surface area contributed by atoms with Crippen molar-refractivity contribution >= 4 is 23.7 Å². The van der Waals surface area contributed by atoms with Crippen LogP contribution in [0.3, 0.4) is 0 Å². The van der Waals surface area contributed by atoms with Gasteiger partial charge in [-0.15, -0.1) is 0 Å². The second kappa shape index (κ2) is 8.49. The number of carbonyl (C=O) groups is 2. The lowest BCUT2D eigenvalue weighted by atomic mass is 10.00. The number of hydrogen-bond acceptors (Lipinski definition) is 4. The van der Waals surface area contributed by atoms with Crippen LogP contribution >= 0.6 is 0 Å². The highest BCUT2D eigenvalue weighted by atomic mass is 16.5. The summed E-state index contributed by atoms with van der Waals surface area (Å²) in [5.41, 5.74) is 5.99. The maximum absolute atomic E-state index is 12.5. The molecule has 0 bridgehead atoms. The Bertz CT molecular complexity index is 859. The first-order valence-electron chi connectivity index (χ1n) is 9.00. The lowest BCUT2D eigenvalue weighted by Crippen LogP contribution is -2.34. The van der Waals surface area contributed by atoms with Gasteiger partial charge in [0.05, 0.1) is 19.3 Å². The van der Waals surface area contributed by atoms with Gasteiger partial charge >= 0.3 is 0 Å². The molecule has 0 radical (unpaired) electrons. The number of anilines is 1. The zero-order valence-corrected chi connectivity index (χ0v) is 15.6. The molecule has 0 saturated heterocycles. The first-order valence-corrected chi connectivity index (χ1v) is 9.00. The molecule has 0 aromatic heterocycles. The lowest BCUT2D eigenvalue weighted by molar-refractivity contribution is -0.119. The first kappa shape index (κ1) is 18.6. The second-order valence-electron chi connectivity index (χ2n) is 6.33. The predicted octanol–water partition coefficient (Wildman–Crippen LogP) is 3.30. The summed E-state index contributed by atoms with van der Waals surface area (Å²) in [7, 11) is 1.62. The van der Waals surface area contributed by atoms with Crippen molar-refractivity contribution in [3.63, 3.8) is 0 Å². The molecule has 1 aliphatic rings. The standard InChI is InChI=1S/C21H23N3O3/c1-3-12-22-23-21(26)17-6-4-15(5-7-17)14-24-19-13-18(27-2)10-8-16(19)9-11-20(24)25/h4-8,10,12-13H,3,9,11,14H2,1-2H3,(H,23,26). The Kier molecular flexibility index (Phi) is 5.86. The molecule has 1 N–H and O–H groups in total. The quantitative estimate of drug-likeness (QED) is 0.631. The fourth-order valence-corrected chi connectivity index (χ4v) is 3.02. The van der Waals surface area contributed by atoms with E-state index in [0.717, 1.165) is 35.4 Å². The molecule has 2 aromatic rings. The number of benzene rings is 2. The highest BCUT2D eigenvalue weighted by Crippen LogP contribution is 2.32. The summed E-state index contributed by atoms with van der Waals surface area (Å²) in [4.78, 5) is 26.3. The number of hydrogen-bond donors (Lipinski definition) is 1. The van der Waals surface area contributed by atoms with Gasteiger partial charge in [0.2, 0.25) is 5.91 Å². The van der Waals surface area contributed by atoms with E-state index in [1.165, 1.54) is 0 Å². The highest BCUT2D eigenvalue weighted by molar-refractivity contribution is 5.97. The number of ether oxygens (including phenoxy) is 1. The van der Waals surface area contributed by atoms with Gasteiger partial charge in [-0.1, -0.05) is 25.1 Å². The zero-order chi connectivity index (χ0) is 19.2. The van der Waals surface area contributed by atoms with Crippen LogP contribution in [0, 0.1) is 0 Å². The van der Waals surface area contributed by atoms with Gasteiger partial charge in [-0.3, -0.25) is 9.59 Å². The van der Waals surface area contributed by atoms with Crippen LogP contribution in [0.25, 0.3) is 0 Å². The molecule has 6 heteroatoms. The Morgan fingerprint density at radius 3 is 2.70 bits per heavy atom. The van der Waals surface area contributed by atoms with Crippen LogP contribution in [-0.4, -0.2) is 25.1 Å². The van der Waals surface area contributed by atoms with Gasteiger partial charge in [0.25, 0.3) is 5.91 Å². The molecule has 1 heterocycles. The Balaban J connectivity index is 1.76. The average Bonchev–Trinajstić information content (AvgIpc) is 2.70. The van der Waals surface area contributed by atoms with E-state index < -0.39 is 0 Å². The van der Waals surface area contributed by atoms with E-state index in [0.29, 0.717) is 18.5 Å². The van der Waals surface area contributed by atoms with Crippen molar-refractivity contribution in [1.29, 1.82) is 0 Å². The molecule has 3 rings (SSSR count). The van der Waals surface area contributed by atoms with Crippen LogP contribution in [0.2, 0.25) is 0 Å². The molecule has 27 heavy (non-hydrogen) atoms. The first-order chi connectivity index (χ1) is 13.1. The predicted molar refractivity (Wildman–Crippen MR) is 105 cm³/mol. The van der Waals surface area contributed by atoms with E-state index in [-0.39, 0.29) is 11.8 Å². The van der Waals surface area contributed by atoms with Crippen LogP contribution in [0.15, 0.2) is 47.6 Å². The second-order valence-corrected chi connectivity index (χ2v) is 6.33. The van der Waals surface area contributed by atoms with E-state index in [2.05, 4.69) is 10.5 Å². The number of aryl methyl sites for hydroxylation is 1. The van der Waals surface area contributed by atoms with Crippen LogP contribution in [0.4, 0.5) is 5.69 Å². The summed E-state index contributed by atoms with van der Waals surface area (Å²) < 4.78 is 5.30. The largest absolute Gasteiger partial charge is 0.497 e. The number of nitrogens with one attached hydrogen (secondary N) is 1. The monoisotopic (exact) mass is 365 g/mol. The summed E-state index contributed by atoms with van der Waals surface area (Å²) in [6.07, 6.45) is 3.64. The minimum atomic E-state index is -0.254. The van der Waals surface area contributed by atoms with E-state index >= 15 is 0 Å². The molecule has 6 nitrogen and oxygen atoms in total. The molecule has 1 aliphatic heterocycles. The summed E-state index contributed by atoms with van der Waals surface area (Å²) in [5.74, 6) is 0.565. The van der Waals surface area contributed by atoms with Crippen molar-refractivity contribution in [2.45, 2.75) is 32.7 Å². The number of hydrazone groups is 1. The third-order valence-corrected chi connectivity index (χ3v) is 4.49. The number of fused-ring (bicyclic) bond motifs is 1. The van der Waals surface area contributed by atoms with Crippen molar-refractivity contribution in [2.75, 3.05) is 12.0 Å². The number of amides is 2. The molecule has 2 aromatic carbocycles. The Morgan fingerprint density at radius 1 is 1.22 bits per heavy atom. The van der Waals surface area contributed by atoms with E-state index in [1.807, 2.05) is 37.3 Å². The van der Waals surface area contributed by atoms with Crippen molar-refractivity contribution in [2.24, 2.45) is 5.10 Å². The van der Waals surface area contributed by atoms with Crippen LogP contribution in [0.1, 0.15) is 41.3 Å². The van der Waals surface area contributed by atoms with Crippen LogP contribution in [-0.2, 0) is 17.8 Å². The average molecular weight is 365 g/mol. The summed E-state index contributed by atoms with van der Waals surface area (Å²) in [6.45, 7) is 2.40. The molecular weight excluding hydrogens is 342 g/mol. The SMILES string of the molecule is CCC=NNC(=O)c1ccc(CN2C(=O)CCc3ccc(OC)cc32)cc1. The van der Waals surface area contributed by atoms with E-state index in [1.54, 1.807) is 30.4 Å². The summed E-state index contributed by atoms with van der Waals surface area (Å²) in [5, 5.41) is 3.84. The van der Waals surface area contributed by atoms with E-state index in [9.17, 15) is 9.59 Å². The van der Waals surface area contributed by atoms with Crippen molar-refractivity contribution in [3.8, 4) is 5.75 Å². The van der Waals surface area contributed by atoms with Gasteiger partial charge in [-0.25, -0.2) is 5.43 Å². The molecule has 0 spiro atoms. The molecule has 0 aliphatic carbocycles. The van der Waals surface area contributed by atoms with Crippen molar-refractivity contribution < 1.29 is 14.3 Å². The van der Waals surface area contributed by atoms with Crippen LogP contribution in [0.5, 0.6) is 5.75 Å². The number of nitrogens with zero attached hydrogens (tertiary/aromatic N) is 2. The highest BCUT2D eigenvalue weighted by Gasteiger charge is 2.24. The third-order valence-electron chi connectivity index (χ3n) is 4.49. The van der Waals surface area contributed by atoms with Gasteiger partial charge in [0.1, 0.15) is 5.75 Å². The normalized spacial score (nSPS) is 13.6. The lowest BCUT2D eigenvalue weighted by Gasteiger charge is -2.30. The van der Waals surface area contributed by atoms with Gasteiger partial charge < -0.3 is 9.64 Å². The fraction of sp³-hybridized carbons (Fsp3) is 0.286. The number of carbonyl (C=O) groups excluding carboxylic acids is 2. The molecule has 0 fully saturated rings. The minimum Gasteiger partial charge on any atom is -0.497 e. The molecule has 0 atom stereocenters. The Labute approximate surface area is 158 Å². The Morgan fingerprint density at radius 2 is 2.00 bits per heavy atom. The smallest absolute Gasteiger partial charge is 0.271 e. The summed E-state index contributed by atoms with van der Waals surface area (Å²) in [6, 6.07) is 13.0. The molecule has 0 unspecified atom stereocenters. The van der Waals surface area contributed by atoms with E-state index in [4.69, 9.17) is 4.74 Å². The van der Waals surface area contributed by atoms with Gasteiger partial charge in [-0.2, -0.15) is 5.10 Å². The fourth-order valence-electron chi connectivity index (χ4n) is 3.02. The third kappa shape index (κ3) is 4.34. The molecule has 0 saturated carbocycles. The number of methoxy groups -OCH3 is 1. The maximum Gasteiger partial charge on any atom is 0.271 e. The molecular formula is C21H23N3O3. The summed E-state index contributed by atoms with van der Waals surface area (Å²) >= 11 is 0. The topological polar surface area (TPSA) is 71.0 Å². The Hall–Kier alpha value is -3.15. The maximum atomic E-state index is 12.5. The van der Waals surface area contributed by atoms with Gasteiger partial charge in [0.15, 0.2) is 0 Å². The van der Waals surface area contributed by atoms with Gasteiger partial charge in [0, 0.05) is 24.3 Å². The van der Waals surface area contributed by atoms with Crippen LogP contribution < -0.4 is 15.1 Å². The molecule has 2 amide bonds. The minimum absolute atomic E-state index is 0.0893. The van der Waals surface area contributed by atoms with Gasteiger partial charge in [-0.05, 0) is 42.2 Å².